The lowest BCUT2D eigenvalue weighted by Crippen LogP contribution is -2.39. The van der Waals surface area contributed by atoms with E-state index < -0.39 is 0 Å². The molecule has 0 radical (unpaired) electrons. The van der Waals surface area contributed by atoms with Crippen LogP contribution in [0.3, 0.4) is 0 Å². The standard InChI is InChI=1S/C27H33FN4O2/c1-4-5-9-16-31(27(34)17-20(2)3)19-26(33)29-25-18-24(21-10-7-6-8-11-21)30-32(25)23-14-12-22(28)13-15-23/h6-8,10-15,18,20H,4-5,9,16-17,19H2,1-3H3,(H,29,33). The van der Waals surface area contributed by atoms with Crippen molar-refractivity contribution in [1.82, 2.24) is 14.7 Å². The van der Waals surface area contributed by atoms with E-state index in [1.54, 1.807) is 27.8 Å². The van der Waals surface area contributed by atoms with Crippen molar-refractivity contribution in [3.05, 3.63) is 66.5 Å². The Kier molecular flexibility index (Phi) is 8.96. The molecule has 2 aromatic carbocycles. The monoisotopic (exact) mass is 464 g/mol. The first kappa shape index (κ1) is 25.1. The number of halogens is 1. The number of nitrogens with one attached hydrogen (secondary N) is 1. The number of carbonyl (C=O) groups is 2. The molecule has 1 aromatic heterocycles. The summed E-state index contributed by atoms with van der Waals surface area (Å²) in [6.45, 7) is 6.63. The smallest absolute Gasteiger partial charge is 0.245 e. The molecule has 1 heterocycles. The number of hydrogen-bond donors (Lipinski definition) is 1. The highest BCUT2D eigenvalue weighted by Gasteiger charge is 2.20. The van der Waals surface area contributed by atoms with E-state index in [0.717, 1.165) is 24.8 Å². The number of aromatic nitrogens is 2. The third-order valence-corrected chi connectivity index (χ3v) is 5.42. The van der Waals surface area contributed by atoms with E-state index in [4.69, 9.17) is 0 Å². The van der Waals surface area contributed by atoms with Crippen molar-refractivity contribution in [3.63, 3.8) is 0 Å². The van der Waals surface area contributed by atoms with Crippen LogP contribution < -0.4 is 5.32 Å². The molecule has 1 N–H and O–H groups in total. The van der Waals surface area contributed by atoms with Crippen molar-refractivity contribution in [3.8, 4) is 16.9 Å². The highest BCUT2D eigenvalue weighted by atomic mass is 19.1. The van der Waals surface area contributed by atoms with Gasteiger partial charge >= 0.3 is 0 Å². The number of amides is 2. The molecule has 6 nitrogen and oxygen atoms in total. The maximum atomic E-state index is 13.5. The van der Waals surface area contributed by atoms with Gasteiger partial charge in [0, 0.05) is 24.6 Å². The molecule has 0 saturated carbocycles. The van der Waals surface area contributed by atoms with Crippen LogP contribution in [-0.2, 0) is 9.59 Å². The summed E-state index contributed by atoms with van der Waals surface area (Å²) in [6.07, 6.45) is 3.31. The van der Waals surface area contributed by atoms with Crippen LogP contribution in [0, 0.1) is 11.7 Å². The molecule has 7 heteroatoms. The van der Waals surface area contributed by atoms with Crippen LogP contribution in [0.1, 0.15) is 46.5 Å². The first-order valence-electron chi connectivity index (χ1n) is 11.9. The molecule has 180 valence electrons. The summed E-state index contributed by atoms with van der Waals surface area (Å²) in [6, 6.07) is 17.3. The molecule has 0 aliphatic rings. The van der Waals surface area contributed by atoms with Crippen molar-refractivity contribution in [2.45, 2.75) is 46.5 Å². The number of rotatable bonds is 11. The van der Waals surface area contributed by atoms with Crippen molar-refractivity contribution in [2.24, 2.45) is 5.92 Å². The van der Waals surface area contributed by atoms with Gasteiger partial charge in [-0.2, -0.15) is 5.10 Å². The molecule has 0 aliphatic carbocycles. The summed E-state index contributed by atoms with van der Waals surface area (Å²) in [5.41, 5.74) is 2.19. The fourth-order valence-electron chi connectivity index (χ4n) is 3.68. The Morgan fingerprint density at radius 2 is 1.76 bits per heavy atom. The van der Waals surface area contributed by atoms with E-state index in [9.17, 15) is 14.0 Å². The van der Waals surface area contributed by atoms with Gasteiger partial charge in [0.2, 0.25) is 11.8 Å². The molecule has 0 bridgehead atoms. The summed E-state index contributed by atoms with van der Waals surface area (Å²) in [4.78, 5) is 27.4. The fourth-order valence-corrected chi connectivity index (χ4v) is 3.68. The summed E-state index contributed by atoms with van der Waals surface area (Å²) >= 11 is 0. The molecular weight excluding hydrogens is 431 g/mol. The van der Waals surface area contributed by atoms with Gasteiger partial charge in [-0.25, -0.2) is 9.07 Å². The SMILES string of the molecule is CCCCCN(CC(=O)Nc1cc(-c2ccccc2)nn1-c1ccc(F)cc1)C(=O)CC(C)C. The van der Waals surface area contributed by atoms with Crippen LogP contribution in [0.25, 0.3) is 16.9 Å². The van der Waals surface area contributed by atoms with Crippen LogP contribution in [0.2, 0.25) is 0 Å². The first-order valence-corrected chi connectivity index (χ1v) is 11.9. The highest BCUT2D eigenvalue weighted by molar-refractivity contribution is 5.94. The Bertz CT molecular complexity index is 1080. The zero-order valence-corrected chi connectivity index (χ0v) is 20.1. The van der Waals surface area contributed by atoms with Gasteiger partial charge in [0.1, 0.15) is 11.6 Å². The van der Waals surface area contributed by atoms with E-state index in [1.165, 1.54) is 12.1 Å². The molecule has 0 atom stereocenters. The number of carbonyl (C=O) groups excluding carboxylic acids is 2. The maximum absolute atomic E-state index is 13.5. The Morgan fingerprint density at radius 1 is 1.06 bits per heavy atom. The van der Waals surface area contributed by atoms with Gasteiger partial charge in [0.25, 0.3) is 0 Å². The van der Waals surface area contributed by atoms with Crippen molar-refractivity contribution in [1.29, 1.82) is 0 Å². The zero-order chi connectivity index (χ0) is 24.5. The minimum Gasteiger partial charge on any atom is -0.333 e. The van der Waals surface area contributed by atoms with Gasteiger partial charge in [-0.15, -0.1) is 0 Å². The molecule has 0 aliphatic heterocycles. The van der Waals surface area contributed by atoms with E-state index >= 15 is 0 Å². The lowest BCUT2D eigenvalue weighted by molar-refractivity contribution is -0.135. The molecule has 34 heavy (non-hydrogen) atoms. The molecule has 3 aromatic rings. The van der Waals surface area contributed by atoms with E-state index in [-0.39, 0.29) is 30.1 Å². The third-order valence-electron chi connectivity index (χ3n) is 5.42. The van der Waals surface area contributed by atoms with Crippen LogP contribution in [0.5, 0.6) is 0 Å². The van der Waals surface area contributed by atoms with Crippen LogP contribution in [-0.4, -0.2) is 39.6 Å². The van der Waals surface area contributed by atoms with E-state index in [0.29, 0.717) is 30.2 Å². The zero-order valence-electron chi connectivity index (χ0n) is 20.1. The first-order chi connectivity index (χ1) is 16.4. The Balaban J connectivity index is 1.84. The molecule has 3 rings (SSSR count). The number of nitrogens with zero attached hydrogens (tertiary/aromatic N) is 3. The Morgan fingerprint density at radius 3 is 2.41 bits per heavy atom. The average molecular weight is 465 g/mol. The van der Waals surface area contributed by atoms with Gasteiger partial charge in [-0.1, -0.05) is 63.9 Å². The fraction of sp³-hybridized carbons (Fsp3) is 0.370. The quantitative estimate of drug-likeness (QED) is 0.371. The maximum Gasteiger partial charge on any atom is 0.245 e. The normalized spacial score (nSPS) is 11.0. The summed E-state index contributed by atoms with van der Waals surface area (Å²) in [5, 5.41) is 7.56. The molecule has 2 amide bonds. The molecule has 0 spiro atoms. The number of hydrogen-bond acceptors (Lipinski definition) is 3. The van der Waals surface area contributed by atoms with Gasteiger partial charge in [-0.3, -0.25) is 9.59 Å². The number of unbranched alkanes of at least 4 members (excludes halogenated alkanes) is 2. The van der Waals surface area contributed by atoms with Crippen molar-refractivity contribution in [2.75, 3.05) is 18.4 Å². The molecule has 0 unspecified atom stereocenters. The highest BCUT2D eigenvalue weighted by Crippen LogP contribution is 2.25. The molecule has 0 fully saturated rings. The number of anilines is 1. The Labute approximate surface area is 200 Å². The summed E-state index contributed by atoms with van der Waals surface area (Å²) in [7, 11) is 0. The summed E-state index contributed by atoms with van der Waals surface area (Å²) < 4.78 is 15.1. The third kappa shape index (κ3) is 7.01. The second kappa shape index (κ2) is 12.1. The second-order valence-electron chi connectivity index (χ2n) is 8.84. The Hall–Kier alpha value is -3.48. The van der Waals surface area contributed by atoms with Gasteiger partial charge in [-0.05, 0) is 36.6 Å². The lowest BCUT2D eigenvalue weighted by Gasteiger charge is -2.23. The predicted molar refractivity (Wildman–Crippen MR) is 133 cm³/mol. The van der Waals surface area contributed by atoms with Crippen LogP contribution in [0.4, 0.5) is 10.2 Å². The molecular formula is C27H33FN4O2. The molecule has 0 saturated heterocycles. The van der Waals surface area contributed by atoms with Gasteiger partial charge in [0.05, 0.1) is 17.9 Å². The predicted octanol–water partition coefficient (Wildman–Crippen LogP) is 5.68. The average Bonchev–Trinajstić information content (AvgIpc) is 3.22. The van der Waals surface area contributed by atoms with E-state index in [1.807, 2.05) is 44.2 Å². The van der Waals surface area contributed by atoms with Crippen molar-refractivity contribution >= 4 is 17.6 Å². The van der Waals surface area contributed by atoms with Gasteiger partial charge < -0.3 is 10.2 Å². The van der Waals surface area contributed by atoms with Crippen LogP contribution >= 0.6 is 0 Å². The number of benzene rings is 2. The van der Waals surface area contributed by atoms with E-state index in [2.05, 4.69) is 17.3 Å². The van der Waals surface area contributed by atoms with Crippen molar-refractivity contribution < 1.29 is 14.0 Å². The topological polar surface area (TPSA) is 67.2 Å². The van der Waals surface area contributed by atoms with Gasteiger partial charge in [0.15, 0.2) is 0 Å². The lowest BCUT2D eigenvalue weighted by atomic mass is 10.1. The minimum absolute atomic E-state index is 0.0155. The summed E-state index contributed by atoms with van der Waals surface area (Å²) in [5.74, 6) is 0.0174. The van der Waals surface area contributed by atoms with Crippen LogP contribution in [0.15, 0.2) is 60.7 Å². The largest absolute Gasteiger partial charge is 0.333 e. The minimum atomic E-state index is -0.351. The second-order valence-corrected chi connectivity index (χ2v) is 8.84.